The first-order valence-corrected chi connectivity index (χ1v) is 13.3. The summed E-state index contributed by atoms with van der Waals surface area (Å²) < 4.78 is 22.4. The highest BCUT2D eigenvalue weighted by Crippen LogP contribution is 2.38. The number of carbonyl (C=O) groups is 3. The molecule has 13 heteroatoms. The molecule has 0 radical (unpaired) electrons. The van der Waals surface area contributed by atoms with E-state index in [1.165, 1.54) is 31.4 Å². The number of rotatable bonds is 10. The van der Waals surface area contributed by atoms with E-state index in [4.69, 9.17) is 13.9 Å². The zero-order valence-corrected chi connectivity index (χ0v) is 23.6. The molecule has 0 spiro atoms. The molecule has 2 heterocycles. The van der Waals surface area contributed by atoms with E-state index in [9.17, 15) is 24.5 Å². The Morgan fingerprint density at radius 3 is 2.69 bits per heavy atom. The van der Waals surface area contributed by atoms with E-state index in [0.717, 1.165) is 16.7 Å². The van der Waals surface area contributed by atoms with Crippen LogP contribution in [0.25, 0.3) is 6.08 Å². The van der Waals surface area contributed by atoms with Crippen molar-refractivity contribution in [3.63, 3.8) is 0 Å². The van der Waals surface area contributed by atoms with Crippen LogP contribution in [0.1, 0.15) is 34.4 Å². The quantitative estimate of drug-likeness (QED) is 0.0860. The molecule has 0 bridgehead atoms. The van der Waals surface area contributed by atoms with Gasteiger partial charge >= 0.3 is 5.97 Å². The van der Waals surface area contributed by atoms with Gasteiger partial charge in [0.05, 0.1) is 33.7 Å². The van der Waals surface area contributed by atoms with Crippen LogP contribution in [-0.2, 0) is 22.7 Å². The second-order valence-corrected chi connectivity index (χ2v) is 10.2. The summed E-state index contributed by atoms with van der Waals surface area (Å²) >= 11 is 2.86. The molecule has 1 fully saturated rings. The summed E-state index contributed by atoms with van der Waals surface area (Å²) in [5.74, 6) is -0.0506. The fourth-order valence-electron chi connectivity index (χ4n) is 3.61. The second-order valence-electron chi connectivity index (χ2n) is 8.00. The van der Waals surface area contributed by atoms with Gasteiger partial charge in [-0.1, -0.05) is 12.1 Å². The number of hydrogen-bond donors (Lipinski definition) is 0. The van der Waals surface area contributed by atoms with E-state index in [2.05, 4.69) is 27.3 Å². The molecule has 202 valence electrons. The van der Waals surface area contributed by atoms with Crippen molar-refractivity contribution in [3.8, 4) is 11.5 Å². The van der Waals surface area contributed by atoms with Crippen molar-refractivity contribution in [1.82, 2.24) is 4.90 Å². The number of nitro benzene ring substituents is 1. The van der Waals surface area contributed by atoms with Crippen molar-refractivity contribution in [2.45, 2.75) is 20.1 Å². The van der Waals surface area contributed by atoms with Crippen LogP contribution in [0.3, 0.4) is 0 Å². The molecular formula is C26H21IN2O9S. The zero-order valence-electron chi connectivity index (χ0n) is 20.7. The number of furan rings is 1. The van der Waals surface area contributed by atoms with Crippen molar-refractivity contribution in [3.05, 3.63) is 89.8 Å². The normalized spacial score (nSPS) is 14.1. The highest BCUT2D eigenvalue weighted by Gasteiger charge is 2.36. The van der Waals surface area contributed by atoms with Crippen LogP contribution in [0, 0.1) is 13.7 Å². The van der Waals surface area contributed by atoms with Gasteiger partial charge in [0.25, 0.3) is 16.8 Å². The molecule has 3 aromatic rings. The van der Waals surface area contributed by atoms with Crippen LogP contribution < -0.4 is 9.47 Å². The van der Waals surface area contributed by atoms with Crippen LogP contribution in [0.5, 0.6) is 11.5 Å². The summed E-state index contributed by atoms with van der Waals surface area (Å²) in [4.78, 5) is 49.0. The number of nitro groups is 1. The van der Waals surface area contributed by atoms with Gasteiger partial charge in [-0.3, -0.25) is 24.6 Å². The van der Waals surface area contributed by atoms with Gasteiger partial charge in [0.1, 0.15) is 12.4 Å². The molecular weight excluding hydrogens is 643 g/mol. The third-order valence-corrected chi connectivity index (χ3v) is 7.08. The summed E-state index contributed by atoms with van der Waals surface area (Å²) in [6.07, 6.45) is 1.59. The predicted octanol–water partition coefficient (Wildman–Crippen LogP) is 5.79. The monoisotopic (exact) mass is 664 g/mol. The van der Waals surface area contributed by atoms with Gasteiger partial charge in [0, 0.05) is 12.1 Å². The molecule has 11 nitrogen and oxygen atoms in total. The van der Waals surface area contributed by atoms with Gasteiger partial charge in [-0.25, -0.2) is 4.79 Å². The van der Waals surface area contributed by atoms with E-state index in [-0.39, 0.29) is 35.3 Å². The Morgan fingerprint density at radius 2 is 1.97 bits per heavy atom. The molecule has 1 aliphatic rings. The Morgan fingerprint density at radius 1 is 1.18 bits per heavy atom. The summed E-state index contributed by atoms with van der Waals surface area (Å²) in [6, 6.07) is 12.5. The number of esters is 1. The molecule has 4 rings (SSSR count). The standard InChI is InChI=1S/C26H21IN2O9S/c1-3-36-21-11-16(10-19(27)23(21)37-14-15-5-4-6-17(9-15)29(33)34)12-22-24(30)28(26(32)39-22)13-18-7-8-20(38-18)25(31)35-2/h4-12H,3,13-14H2,1-2H3/b22-12+. The fraction of sp³-hybridized carbons (Fsp3) is 0.192. The van der Waals surface area contributed by atoms with Gasteiger partial charge in [0.2, 0.25) is 5.76 Å². The molecule has 2 amide bonds. The second kappa shape index (κ2) is 12.3. The van der Waals surface area contributed by atoms with Crippen molar-refractivity contribution >= 4 is 63.2 Å². The molecule has 39 heavy (non-hydrogen) atoms. The maximum atomic E-state index is 13.0. The van der Waals surface area contributed by atoms with E-state index >= 15 is 0 Å². The Kier molecular flexibility index (Phi) is 8.91. The lowest BCUT2D eigenvalue weighted by Crippen LogP contribution is -2.27. The molecule has 0 aliphatic carbocycles. The number of benzene rings is 2. The maximum Gasteiger partial charge on any atom is 0.373 e. The first-order valence-electron chi connectivity index (χ1n) is 11.4. The summed E-state index contributed by atoms with van der Waals surface area (Å²) in [5, 5.41) is 10.6. The molecule has 2 aromatic carbocycles. The Labute approximate surface area is 240 Å². The van der Waals surface area contributed by atoms with Crippen molar-refractivity contribution in [2.24, 2.45) is 0 Å². The molecule has 0 saturated carbocycles. The van der Waals surface area contributed by atoms with E-state index in [1.54, 1.807) is 30.3 Å². The Hall–Kier alpha value is -3.85. The van der Waals surface area contributed by atoms with Gasteiger partial charge in [-0.05, 0) is 82.7 Å². The fourth-order valence-corrected chi connectivity index (χ4v) is 5.23. The van der Waals surface area contributed by atoms with Gasteiger partial charge in [-0.2, -0.15) is 0 Å². The van der Waals surface area contributed by atoms with E-state index in [1.807, 2.05) is 6.92 Å². The molecule has 1 aromatic heterocycles. The minimum atomic E-state index is -0.660. The van der Waals surface area contributed by atoms with Crippen LogP contribution in [0.15, 0.2) is 57.9 Å². The summed E-state index contributed by atoms with van der Waals surface area (Å²) in [6.45, 7) is 2.11. The predicted molar refractivity (Wildman–Crippen MR) is 149 cm³/mol. The van der Waals surface area contributed by atoms with Crippen LogP contribution in [0.2, 0.25) is 0 Å². The Bertz CT molecular complexity index is 1480. The minimum Gasteiger partial charge on any atom is -0.490 e. The van der Waals surface area contributed by atoms with E-state index < -0.39 is 22.0 Å². The Balaban J connectivity index is 1.53. The molecule has 1 aliphatic heterocycles. The van der Waals surface area contributed by atoms with Crippen LogP contribution >= 0.6 is 34.4 Å². The van der Waals surface area contributed by atoms with Gasteiger partial charge in [0.15, 0.2) is 11.5 Å². The number of ether oxygens (including phenoxy) is 3. The summed E-state index contributed by atoms with van der Waals surface area (Å²) in [5.41, 5.74) is 1.20. The largest absolute Gasteiger partial charge is 0.490 e. The average molecular weight is 664 g/mol. The zero-order chi connectivity index (χ0) is 28.1. The number of carbonyl (C=O) groups excluding carboxylic acids is 3. The van der Waals surface area contributed by atoms with Crippen LogP contribution in [0.4, 0.5) is 10.5 Å². The number of halogens is 1. The average Bonchev–Trinajstić information content (AvgIpc) is 3.48. The molecule has 0 N–H and O–H groups in total. The van der Waals surface area contributed by atoms with Gasteiger partial charge in [-0.15, -0.1) is 0 Å². The highest BCUT2D eigenvalue weighted by molar-refractivity contribution is 14.1. The third-order valence-electron chi connectivity index (χ3n) is 5.37. The molecule has 0 unspecified atom stereocenters. The lowest BCUT2D eigenvalue weighted by atomic mass is 10.1. The highest BCUT2D eigenvalue weighted by atomic mass is 127. The van der Waals surface area contributed by atoms with E-state index in [0.29, 0.717) is 32.8 Å². The molecule has 1 saturated heterocycles. The molecule has 0 atom stereocenters. The minimum absolute atomic E-state index is 0.0270. The van der Waals surface area contributed by atoms with Crippen LogP contribution in [-0.4, -0.2) is 40.7 Å². The van der Waals surface area contributed by atoms with Crippen molar-refractivity contribution < 1.29 is 37.9 Å². The van der Waals surface area contributed by atoms with Gasteiger partial charge < -0.3 is 18.6 Å². The SMILES string of the molecule is CCOc1cc(/C=C2/SC(=O)N(Cc3ccc(C(=O)OC)o3)C2=O)cc(I)c1OCc1cccc([N+](=O)[O-])c1. The lowest BCUT2D eigenvalue weighted by Gasteiger charge is -2.15. The number of methoxy groups -OCH3 is 1. The smallest absolute Gasteiger partial charge is 0.373 e. The van der Waals surface area contributed by atoms with Crippen molar-refractivity contribution in [2.75, 3.05) is 13.7 Å². The number of amides is 2. The summed E-state index contributed by atoms with van der Waals surface area (Å²) in [7, 11) is 1.22. The number of non-ortho nitro benzene ring substituents is 1. The number of nitrogens with zero attached hydrogens (tertiary/aromatic N) is 2. The number of imide groups is 1. The van der Waals surface area contributed by atoms with Crippen molar-refractivity contribution in [1.29, 1.82) is 0 Å². The first kappa shape index (κ1) is 28.2. The number of thioether (sulfide) groups is 1. The number of hydrogen-bond acceptors (Lipinski definition) is 10. The first-order chi connectivity index (χ1) is 18.7. The maximum absolute atomic E-state index is 13.0. The third kappa shape index (κ3) is 6.60. The lowest BCUT2D eigenvalue weighted by molar-refractivity contribution is -0.384. The topological polar surface area (TPSA) is 138 Å².